The van der Waals surface area contributed by atoms with Gasteiger partial charge in [-0.05, 0) is 35.9 Å². The largest absolute Gasteiger partial charge is 0.496 e. The van der Waals surface area contributed by atoms with Gasteiger partial charge in [0.2, 0.25) is 0 Å². The molecule has 0 aliphatic rings. The first-order chi connectivity index (χ1) is 9.22. The SMILES string of the molecule is COc1ccc(Cl)cc1CNc1cccc(CO)c1. The Labute approximate surface area is 117 Å². The quantitative estimate of drug-likeness (QED) is 0.879. The summed E-state index contributed by atoms with van der Waals surface area (Å²) < 4.78 is 5.30. The van der Waals surface area contributed by atoms with Gasteiger partial charge in [-0.3, -0.25) is 0 Å². The number of rotatable bonds is 5. The second-order valence-electron chi connectivity index (χ2n) is 4.17. The normalized spacial score (nSPS) is 10.3. The first kappa shape index (κ1) is 13.7. The molecule has 0 aliphatic heterocycles. The van der Waals surface area contributed by atoms with E-state index in [0.29, 0.717) is 11.6 Å². The zero-order valence-electron chi connectivity index (χ0n) is 10.7. The van der Waals surface area contributed by atoms with Crippen LogP contribution in [0.25, 0.3) is 0 Å². The monoisotopic (exact) mass is 277 g/mol. The van der Waals surface area contributed by atoms with Crippen LogP contribution in [-0.2, 0) is 13.2 Å². The molecule has 19 heavy (non-hydrogen) atoms. The van der Waals surface area contributed by atoms with E-state index < -0.39 is 0 Å². The highest BCUT2D eigenvalue weighted by atomic mass is 35.5. The Morgan fingerprint density at radius 3 is 2.79 bits per heavy atom. The molecule has 2 N–H and O–H groups in total. The molecule has 0 saturated heterocycles. The van der Waals surface area contributed by atoms with Gasteiger partial charge in [0.1, 0.15) is 5.75 Å². The van der Waals surface area contributed by atoms with Crippen LogP contribution in [0.1, 0.15) is 11.1 Å². The Kier molecular flexibility index (Phi) is 4.66. The fourth-order valence-corrected chi connectivity index (χ4v) is 2.06. The average molecular weight is 278 g/mol. The molecule has 0 aliphatic carbocycles. The summed E-state index contributed by atoms with van der Waals surface area (Å²) in [7, 11) is 1.64. The Morgan fingerprint density at radius 1 is 1.21 bits per heavy atom. The lowest BCUT2D eigenvalue weighted by Crippen LogP contribution is -2.02. The summed E-state index contributed by atoms with van der Waals surface area (Å²) >= 11 is 5.99. The van der Waals surface area contributed by atoms with Crippen molar-refractivity contribution in [2.24, 2.45) is 0 Å². The fourth-order valence-electron chi connectivity index (χ4n) is 1.86. The first-order valence-corrected chi connectivity index (χ1v) is 6.37. The zero-order chi connectivity index (χ0) is 13.7. The fraction of sp³-hybridized carbons (Fsp3) is 0.200. The topological polar surface area (TPSA) is 41.5 Å². The van der Waals surface area contributed by atoms with E-state index in [-0.39, 0.29) is 6.61 Å². The van der Waals surface area contributed by atoms with Gasteiger partial charge in [0.05, 0.1) is 13.7 Å². The van der Waals surface area contributed by atoms with Crippen LogP contribution in [-0.4, -0.2) is 12.2 Å². The standard InChI is InChI=1S/C15H16ClNO2/c1-19-15-6-5-13(16)8-12(15)9-17-14-4-2-3-11(7-14)10-18/h2-8,17-18H,9-10H2,1H3. The van der Waals surface area contributed by atoms with Crippen molar-refractivity contribution in [1.82, 2.24) is 0 Å². The third kappa shape index (κ3) is 3.63. The van der Waals surface area contributed by atoms with Gasteiger partial charge in [0.15, 0.2) is 0 Å². The lowest BCUT2D eigenvalue weighted by Gasteiger charge is -2.11. The van der Waals surface area contributed by atoms with E-state index in [9.17, 15) is 0 Å². The summed E-state index contributed by atoms with van der Waals surface area (Å²) in [5.74, 6) is 0.801. The summed E-state index contributed by atoms with van der Waals surface area (Å²) in [5.41, 5.74) is 2.82. The summed E-state index contributed by atoms with van der Waals surface area (Å²) in [6, 6.07) is 13.2. The minimum atomic E-state index is 0.0377. The molecule has 2 aromatic rings. The smallest absolute Gasteiger partial charge is 0.123 e. The van der Waals surface area contributed by atoms with Gasteiger partial charge < -0.3 is 15.2 Å². The number of hydrogen-bond acceptors (Lipinski definition) is 3. The second-order valence-corrected chi connectivity index (χ2v) is 4.60. The van der Waals surface area contributed by atoms with Gasteiger partial charge in [0, 0.05) is 22.8 Å². The highest BCUT2D eigenvalue weighted by Gasteiger charge is 2.04. The molecule has 0 radical (unpaired) electrons. The second kappa shape index (κ2) is 6.45. The van der Waals surface area contributed by atoms with Crippen molar-refractivity contribution in [1.29, 1.82) is 0 Å². The molecule has 0 saturated carbocycles. The van der Waals surface area contributed by atoms with E-state index in [0.717, 1.165) is 22.6 Å². The summed E-state index contributed by atoms with van der Waals surface area (Å²) in [6.07, 6.45) is 0. The number of halogens is 1. The van der Waals surface area contributed by atoms with Crippen molar-refractivity contribution in [2.75, 3.05) is 12.4 Å². The molecule has 3 nitrogen and oxygen atoms in total. The maximum absolute atomic E-state index is 9.10. The Hall–Kier alpha value is -1.71. The van der Waals surface area contributed by atoms with Crippen molar-refractivity contribution in [3.05, 3.63) is 58.6 Å². The van der Waals surface area contributed by atoms with Crippen LogP contribution in [0.3, 0.4) is 0 Å². The van der Waals surface area contributed by atoms with E-state index in [4.69, 9.17) is 21.4 Å². The Morgan fingerprint density at radius 2 is 2.05 bits per heavy atom. The van der Waals surface area contributed by atoms with Crippen LogP contribution < -0.4 is 10.1 Å². The number of hydrogen-bond donors (Lipinski definition) is 2. The van der Waals surface area contributed by atoms with Gasteiger partial charge >= 0.3 is 0 Å². The molecule has 2 aromatic carbocycles. The van der Waals surface area contributed by atoms with Crippen LogP contribution in [0.2, 0.25) is 5.02 Å². The maximum atomic E-state index is 9.10. The lowest BCUT2D eigenvalue weighted by molar-refractivity contribution is 0.282. The van der Waals surface area contributed by atoms with Crippen LogP contribution >= 0.6 is 11.6 Å². The third-order valence-corrected chi connectivity index (χ3v) is 3.07. The van der Waals surface area contributed by atoms with Crippen molar-refractivity contribution in [2.45, 2.75) is 13.2 Å². The molecule has 2 rings (SSSR count). The minimum absolute atomic E-state index is 0.0377. The number of aliphatic hydroxyl groups excluding tert-OH is 1. The van der Waals surface area contributed by atoms with Crippen molar-refractivity contribution < 1.29 is 9.84 Å². The van der Waals surface area contributed by atoms with Crippen LogP contribution in [0.15, 0.2) is 42.5 Å². The maximum Gasteiger partial charge on any atom is 0.123 e. The van der Waals surface area contributed by atoms with Gasteiger partial charge in [-0.2, -0.15) is 0 Å². The Bertz CT molecular complexity index is 558. The van der Waals surface area contributed by atoms with Crippen LogP contribution in [0, 0.1) is 0 Å². The molecule has 0 fully saturated rings. The van der Waals surface area contributed by atoms with Crippen molar-refractivity contribution >= 4 is 17.3 Å². The van der Waals surface area contributed by atoms with Gasteiger partial charge in [-0.25, -0.2) is 0 Å². The number of benzene rings is 2. The number of aliphatic hydroxyl groups is 1. The molecule has 100 valence electrons. The highest BCUT2D eigenvalue weighted by Crippen LogP contribution is 2.23. The predicted octanol–water partition coefficient (Wildman–Crippen LogP) is 3.45. The van der Waals surface area contributed by atoms with Gasteiger partial charge in [0.25, 0.3) is 0 Å². The molecule has 0 aromatic heterocycles. The predicted molar refractivity (Wildman–Crippen MR) is 77.7 cm³/mol. The molecule has 4 heteroatoms. The number of nitrogens with one attached hydrogen (secondary N) is 1. The third-order valence-electron chi connectivity index (χ3n) is 2.83. The van der Waals surface area contributed by atoms with Crippen molar-refractivity contribution in [3.63, 3.8) is 0 Å². The van der Waals surface area contributed by atoms with E-state index in [1.807, 2.05) is 36.4 Å². The molecule has 0 atom stereocenters. The van der Waals surface area contributed by atoms with Gasteiger partial charge in [-0.15, -0.1) is 0 Å². The molecular formula is C15H16ClNO2. The number of methoxy groups -OCH3 is 1. The minimum Gasteiger partial charge on any atom is -0.496 e. The first-order valence-electron chi connectivity index (χ1n) is 5.99. The molecule has 0 heterocycles. The van der Waals surface area contributed by atoms with E-state index in [2.05, 4.69) is 5.32 Å². The Balaban J connectivity index is 2.11. The molecule has 0 unspecified atom stereocenters. The summed E-state index contributed by atoms with van der Waals surface area (Å²) in [4.78, 5) is 0. The number of anilines is 1. The van der Waals surface area contributed by atoms with E-state index in [1.54, 1.807) is 13.2 Å². The number of ether oxygens (including phenoxy) is 1. The van der Waals surface area contributed by atoms with Gasteiger partial charge in [-0.1, -0.05) is 23.7 Å². The molecule has 0 amide bonds. The van der Waals surface area contributed by atoms with Crippen LogP contribution in [0.4, 0.5) is 5.69 Å². The summed E-state index contributed by atoms with van der Waals surface area (Å²) in [5, 5.41) is 13.1. The average Bonchev–Trinajstić information content (AvgIpc) is 2.45. The lowest BCUT2D eigenvalue weighted by atomic mass is 10.1. The van der Waals surface area contributed by atoms with E-state index >= 15 is 0 Å². The highest BCUT2D eigenvalue weighted by molar-refractivity contribution is 6.30. The van der Waals surface area contributed by atoms with E-state index in [1.165, 1.54) is 0 Å². The molecular weight excluding hydrogens is 262 g/mol. The summed E-state index contributed by atoms with van der Waals surface area (Å²) in [6.45, 7) is 0.647. The zero-order valence-corrected chi connectivity index (χ0v) is 11.4. The van der Waals surface area contributed by atoms with Crippen LogP contribution in [0.5, 0.6) is 5.75 Å². The molecule has 0 bridgehead atoms. The molecule has 0 spiro atoms. The van der Waals surface area contributed by atoms with Crippen molar-refractivity contribution in [3.8, 4) is 5.75 Å².